The minimum Gasteiger partial charge on any atom is -0.369 e. The first-order valence-corrected chi connectivity index (χ1v) is 9.41. The summed E-state index contributed by atoms with van der Waals surface area (Å²) in [5, 5.41) is 0. The van der Waals surface area contributed by atoms with Crippen molar-refractivity contribution < 1.29 is 4.74 Å². The van der Waals surface area contributed by atoms with E-state index < -0.39 is 0 Å². The molecule has 0 unspecified atom stereocenters. The van der Waals surface area contributed by atoms with Crippen molar-refractivity contribution in [3.8, 4) is 0 Å². The van der Waals surface area contributed by atoms with Crippen LogP contribution in [0.15, 0.2) is 24.4 Å². The van der Waals surface area contributed by atoms with E-state index in [-0.39, 0.29) is 5.60 Å². The van der Waals surface area contributed by atoms with E-state index in [2.05, 4.69) is 28.9 Å². The van der Waals surface area contributed by atoms with Gasteiger partial charge in [-0.05, 0) is 49.4 Å². The maximum atomic E-state index is 6.28. The van der Waals surface area contributed by atoms with E-state index in [1.807, 2.05) is 12.3 Å². The molecule has 0 bridgehead atoms. The Kier molecular flexibility index (Phi) is 4.18. The van der Waals surface area contributed by atoms with Gasteiger partial charge in [-0.25, -0.2) is 0 Å². The summed E-state index contributed by atoms with van der Waals surface area (Å²) < 4.78 is 7.18. The molecule has 2 aromatic heterocycles. The molecule has 0 saturated carbocycles. The van der Waals surface area contributed by atoms with Gasteiger partial charge in [0.2, 0.25) is 0 Å². The fraction of sp³-hybridized carbons (Fsp3) is 0.500. The molecule has 1 fully saturated rings. The third kappa shape index (κ3) is 2.93. The molecule has 4 rings (SSSR count). The second-order valence-electron chi connectivity index (χ2n) is 6.52. The summed E-state index contributed by atoms with van der Waals surface area (Å²) in [6.45, 7) is 6.01. The van der Waals surface area contributed by atoms with Crippen LogP contribution >= 0.6 is 22.9 Å². The van der Waals surface area contributed by atoms with Gasteiger partial charge in [-0.2, -0.15) is 0 Å². The van der Waals surface area contributed by atoms with Gasteiger partial charge < -0.3 is 4.74 Å². The zero-order valence-corrected chi connectivity index (χ0v) is 14.9. The van der Waals surface area contributed by atoms with Crippen LogP contribution in [0.25, 0.3) is 0 Å². The second kappa shape index (κ2) is 6.17. The fourth-order valence-electron chi connectivity index (χ4n) is 3.76. The van der Waals surface area contributed by atoms with Crippen LogP contribution in [0, 0.1) is 6.92 Å². The number of hydrogen-bond acceptors (Lipinski definition) is 4. The van der Waals surface area contributed by atoms with Gasteiger partial charge >= 0.3 is 0 Å². The number of nitrogens with zero attached hydrogens (tertiary/aromatic N) is 2. The predicted octanol–water partition coefficient (Wildman–Crippen LogP) is 4.17. The monoisotopic (exact) mass is 348 g/mol. The quantitative estimate of drug-likeness (QED) is 0.814. The normalized spacial score (nSPS) is 20.6. The number of halogens is 1. The molecule has 1 spiro atoms. The number of piperidine rings is 1. The molecule has 122 valence electrons. The Morgan fingerprint density at radius 3 is 3.00 bits per heavy atom. The highest BCUT2D eigenvalue weighted by molar-refractivity contribution is 7.16. The molecule has 4 heterocycles. The van der Waals surface area contributed by atoms with Crippen LogP contribution in [-0.2, 0) is 23.3 Å². The van der Waals surface area contributed by atoms with E-state index in [0.717, 1.165) is 55.5 Å². The van der Waals surface area contributed by atoms with Crippen molar-refractivity contribution >= 4 is 22.9 Å². The highest BCUT2D eigenvalue weighted by Crippen LogP contribution is 2.46. The molecule has 23 heavy (non-hydrogen) atoms. The molecular formula is C18H21ClN2OS. The van der Waals surface area contributed by atoms with Crippen LogP contribution in [0.4, 0.5) is 0 Å². The van der Waals surface area contributed by atoms with Gasteiger partial charge in [0.1, 0.15) is 5.60 Å². The number of pyridine rings is 1. The highest BCUT2D eigenvalue weighted by atomic mass is 35.5. The van der Waals surface area contributed by atoms with Crippen molar-refractivity contribution in [2.45, 2.75) is 38.3 Å². The summed E-state index contributed by atoms with van der Waals surface area (Å²) in [6, 6.07) is 6.34. The number of hydrogen-bond donors (Lipinski definition) is 0. The first-order valence-electron chi connectivity index (χ1n) is 8.22. The minimum absolute atomic E-state index is 0.0914. The molecule has 5 heteroatoms. The fourth-order valence-corrected chi connectivity index (χ4v) is 5.26. The van der Waals surface area contributed by atoms with Crippen molar-refractivity contribution in [3.05, 3.63) is 50.4 Å². The van der Waals surface area contributed by atoms with Crippen LogP contribution in [-0.4, -0.2) is 29.6 Å². The lowest BCUT2D eigenvalue weighted by molar-refractivity contribution is -0.0961. The van der Waals surface area contributed by atoms with Crippen LogP contribution in [0.3, 0.4) is 0 Å². The van der Waals surface area contributed by atoms with Gasteiger partial charge in [0.15, 0.2) is 0 Å². The van der Waals surface area contributed by atoms with E-state index in [9.17, 15) is 0 Å². The Bertz CT molecular complexity index is 707. The Morgan fingerprint density at radius 2 is 2.22 bits per heavy atom. The Hall–Kier alpha value is -0.940. The summed E-state index contributed by atoms with van der Waals surface area (Å²) in [4.78, 5) is 8.29. The van der Waals surface area contributed by atoms with Gasteiger partial charge in [-0.15, -0.1) is 11.3 Å². The van der Waals surface area contributed by atoms with Crippen LogP contribution in [0.2, 0.25) is 4.34 Å². The summed E-state index contributed by atoms with van der Waals surface area (Å²) in [6.07, 6.45) is 4.97. The molecule has 3 nitrogen and oxygen atoms in total. The molecule has 2 aromatic rings. The number of aryl methyl sites for hydroxylation is 1. The third-order valence-electron chi connectivity index (χ3n) is 5.12. The van der Waals surface area contributed by atoms with Gasteiger partial charge in [-0.3, -0.25) is 9.88 Å². The van der Waals surface area contributed by atoms with Crippen molar-refractivity contribution in [2.75, 3.05) is 19.7 Å². The summed E-state index contributed by atoms with van der Waals surface area (Å²) >= 11 is 7.97. The number of rotatable bonds is 2. The second-order valence-corrected chi connectivity index (χ2v) is 8.21. The largest absolute Gasteiger partial charge is 0.369 e. The molecular weight excluding hydrogens is 328 g/mol. The predicted molar refractivity (Wildman–Crippen MR) is 94.1 cm³/mol. The SMILES string of the molecule is Cc1ncccc1CN1CCC2(CC1)OCCc1cc(Cl)sc12. The number of fused-ring (bicyclic) bond motifs is 2. The third-order valence-corrected chi connectivity index (χ3v) is 6.61. The van der Waals surface area contributed by atoms with Crippen LogP contribution in [0.1, 0.15) is 34.5 Å². The van der Waals surface area contributed by atoms with Crippen molar-refractivity contribution in [3.63, 3.8) is 0 Å². The molecule has 0 radical (unpaired) electrons. The van der Waals surface area contributed by atoms with E-state index in [0.29, 0.717) is 0 Å². The summed E-state index contributed by atoms with van der Waals surface area (Å²) in [5.74, 6) is 0. The smallest absolute Gasteiger partial charge is 0.105 e. The average Bonchev–Trinajstić information content (AvgIpc) is 2.94. The molecule has 1 saturated heterocycles. The van der Waals surface area contributed by atoms with Gasteiger partial charge in [0, 0.05) is 36.4 Å². The zero-order chi connectivity index (χ0) is 15.9. The lowest BCUT2D eigenvalue weighted by atomic mass is 9.85. The molecule has 0 N–H and O–H groups in total. The topological polar surface area (TPSA) is 25.4 Å². The minimum atomic E-state index is -0.0914. The number of ether oxygens (including phenoxy) is 1. The van der Waals surface area contributed by atoms with Crippen LogP contribution in [0.5, 0.6) is 0 Å². The Morgan fingerprint density at radius 1 is 1.39 bits per heavy atom. The number of aromatic nitrogens is 1. The first-order chi connectivity index (χ1) is 11.2. The standard InChI is InChI=1S/C18H21ClN2OS/c1-13-15(3-2-7-20-13)12-21-8-5-18(6-9-21)17-14(4-10-22-18)11-16(19)23-17/h2-3,7,11H,4-6,8-10,12H2,1H3. The molecule has 0 aliphatic carbocycles. The maximum Gasteiger partial charge on any atom is 0.105 e. The summed E-state index contributed by atoms with van der Waals surface area (Å²) in [7, 11) is 0. The molecule has 2 aliphatic rings. The Balaban J connectivity index is 1.48. The number of thiophene rings is 1. The van der Waals surface area contributed by atoms with E-state index in [4.69, 9.17) is 16.3 Å². The average molecular weight is 349 g/mol. The van der Waals surface area contributed by atoms with Gasteiger partial charge in [-0.1, -0.05) is 17.7 Å². The maximum absolute atomic E-state index is 6.28. The first kappa shape index (κ1) is 15.6. The molecule has 2 aliphatic heterocycles. The molecule has 0 aromatic carbocycles. The lowest BCUT2D eigenvalue weighted by Crippen LogP contribution is -2.45. The van der Waals surface area contributed by atoms with E-state index in [1.54, 1.807) is 11.3 Å². The van der Waals surface area contributed by atoms with Gasteiger partial charge in [0.25, 0.3) is 0 Å². The van der Waals surface area contributed by atoms with Crippen LogP contribution < -0.4 is 0 Å². The zero-order valence-electron chi connectivity index (χ0n) is 13.3. The van der Waals surface area contributed by atoms with Gasteiger partial charge in [0.05, 0.1) is 10.9 Å². The van der Waals surface area contributed by atoms with E-state index in [1.165, 1.54) is 16.0 Å². The van der Waals surface area contributed by atoms with E-state index >= 15 is 0 Å². The molecule has 0 atom stereocenters. The van der Waals surface area contributed by atoms with Crippen molar-refractivity contribution in [2.24, 2.45) is 0 Å². The highest BCUT2D eigenvalue weighted by Gasteiger charge is 2.42. The lowest BCUT2D eigenvalue weighted by Gasteiger charge is -2.43. The summed E-state index contributed by atoms with van der Waals surface area (Å²) in [5.41, 5.74) is 3.77. The Labute approximate surface area is 146 Å². The van der Waals surface area contributed by atoms with Crippen molar-refractivity contribution in [1.82, 2.24) is 9.88 Å². The number of likely N-dealkylation sites (tertiary alicyclic amines) is 1. The molecule has 0 amide bonds. The van der Waals surface area contributed by atoms with Crippen molar-refractivity contribution in [1.29, 1.82) is 0 Å².